The maximum Gasteiger partial charge on any atom is 0.0118 e. The van der Waals surface area contributed by atoms with Gasteiger partial charge in [0, 0.05) is 17.0 Å². The Morgan fingerprint density at radius 1 is 1.40 bits per heavy atom. The van der Waals surface area contributed by atoms with Gasteiger partial charge in [0.05, 0.1) is 0 Å². The summed E-state index contributed by atoms with van der Waals surface area (Å²) in [6, 6.07) is 5.63. The van der Waals surface area contributed by atoms with E-state index in [1.54, 1.807) is 0 Å². The summed E-state index contributed by atoms with van der Waals surface area (Å²) < 4.78 is 0. The molecule has 0 aliphatic rings. The van der Waals surface area contributed by atoms with Crippen LogP contribution >= 0.6 is 11.3 Å². The minimum absolute atomic E-state index is 0.590. The first-order valence-electron chi connectivity index (χ1n) is 6.00. The average Bonchev–Trinajstić information content (AvgIpc) is 2.66. The molecular formula is C13H23NS. The Kier molecular flexibility index (Phi) is 5.96. The van der Waals surface area contributed by atoms with Crippen LogP contribution in [0.4, 0.5) is 0 Å². The van der Waals surface area contributed by atoms with Crippen LogP contribution in [0.2, 0.25) is 0 Å². The van der Waals surface area contributed by atoms with Crippen molar-refractivity contribution >= 4 is 11.3 Å². The van der Waals surface area contributed by atoms with Crippen molar-refractivity contribution in [2.24, 2.45) is 0 Å². The van der Waals surface area contributed by atoms with Crippen molar-refractivity contribution in [1.82, 2.24) is 5.32 Å². The summed E-state index contributed by atoms with van der Waals surface area (Å²) in [5.74, 6) is 0. The Hall–Kier alpha value is -0.340. The van der Waals surface area contributed by atoms with Crippen LogP contribution < -0.4 is 5.32 Å². The van der Waals surface area contributed by atoms with Crippen molar-refractivity contribution < 1.29 is 0 Å². The van der Waals surface area contributed by atoms with Gasteiger partial charge in [0.2, 0.25) is 0 Å². The molecule has 2 heteroatoms. The van der Waals surface area contributed by atoms with E-state index in [9.17, 15) is 0 Å². The van der Waals surface area contributed by atoms with Crippen LogP contribution in [0, 0.1) is 0 Å². The van der Waals surface area contributed by atoms with Gasteiger partial charge in [0.25, 0.3) is 0 Å². The van der Waals surface area contributed by atoms with Crippen molar-refractivity contribution in [2.45, 2.75) is 58.5 Å². The molecule has 1 unspecified atom stereocenters. The second kappa shape index (κ2) is 7.02. The fourth-order valence-electron chi connectivity index (χ4n) is 1.84. The van der Waals surface area contributed by atoms with Gasteiger partial charge in [-0.15, -0.1) is 11.3 Å². The number of hydrogen-bond acceptors (Lipinski definition) is 2. The molecule has 1 nitrogen and oxygen atoms in total. The lowest BCUT2D eigenvalue weighted by molar-refractivity contribution is 0.426. The predicted molar refractivity (Wildman–Crippen MR) is 69.6 cm³/mol. The quantitative estimate of drug-likeness (QED) is 0.743. The molecule has 15 heavy (non-hydrogen) atoms. The Labute approximate surface area is 97.9 Å². The summed E-state index contributed by atoms with van der Waals surface area (Å²) >= 11 is 1.87. The van der Waals surface area contributed by atoms with E-state index in [0.717, 1.165) is 0 Å². The van der Waals surface area contributed by atoms with Crippen LogP contribution in [0.3, 0.4) is 0 Å². The standard InChI is InChI=1S/C13H23NS/c1-4-5-7-12(14-11(2)3)10-13-8-6-9-15-13/h6,8-9,11-12,14H,4-5,7,10H2,1-3H3. The molecule has 0 aromatic carbocycles. The summed E-state index contributed by atoms with van der Waals surface area (Å²) in [5.41, 5.74) is 0. The molecule has 0 amide bonds. The van der Waals surface area contributed by atoms with Crippen molar-refractivity contribution in [2.75, 3.05) is 0 Å². The summed E-state index contributed by atoms with van der Waals surface area (Å²) in [4.78, 5) is 1.50. The summed E-state index contributed by atoms with van der Waals surface area (Å²) in [6.45, 7) is 6.72. The van der Waals surface area contributed by atoms with Gasteiger partial charge in [-0.05, 0) is 24.3 Å². The lowest BCUT2D eigenvalue weighted by atomic mass is 10.0. The zero-order chi connectivity index (χ0) is 11.1. The Balaban J connectivity index is 2.41. The topological polar surface area (TPSA) is 12.0 Å². The van der Waals surface area contributed by atoms with Crippen LogP contribution in [0.5, 0.6) is 0 Å². The van der Waals surface area contributed by atoms with E-state index in [1.807, 2.05) is 11.3 Å². The van der Waals surface area contributed by atoms with Gasteiger partial charge in [0.15, 0.2) is 0 Å². The molecule has 0 fully saturated rings. The maximum absolute atomic E-state index is 3.66. The molecule has 1 aromatic rings. The van der Waals surface area contributed by atoms with E-state index in [2.05, 4.69) is 43.6 Å². The highest BCUT2D eigenvalue weighted by Crippen LogP contribution is 2.14. The molecule has 1 heterocycles. The van der Waals surface area contributed by atoms with Crippen LogP contribution in [0.25, 0.3) is 0 Å². The van der Waals surface area contributed by atoms with Crippen LogP contribution in [0.1, 0.15) is 44.9 Å². The molecule has 0 aliphatic carbocycles. The van der Waals surface area contributed by atoms with Crippen molar-refractivity contribution in [3.63, 3.8) is 0 Å². The minimum atomic E-state index is 0.590. The van der Waals surface area contributed by atoms with E-state index in [-0.39, 0.29) is 0 Å². The largest absolute Gasteiger partial charge is 0.311 e. The monoisotopic (exact) mass is 225 g/mol. The minimum Gasteiger partial charge on any atom is -0.311 e. The zero-order valence-electron chi connectivity index (χ0n) is 10.1. The van der Waals surface area contributed by atoms with Crippen LogP contribution in [-0.4, -0.2) is 12.1 Å². The van der Waals surface area contributed by atoms with Gasteiger partial charge < -0.3 is 5.32 Å². The van der Waals surface area contributed by atoms with Gasteiger partial charge in [-0.1, -0.05) is 39.7 Å². The fraction of sp³-hybridized carbons (Fsp3) is 0.692. The highest BCUT2D eigenvalue weighted by molar-refractivity contribution is 7.09. The smallest absolute Gasteiger partial charge is 0.0118 e. The van der Waals surface area contributed by atoms with Crippen LogP contribution in [-0.2, 0) is 6.42 Å². The molecule has 0 spiro atoms. The van der Waals surface area contributed by atoms with E-state index >= 15 is 0 Å². The molecule has 0 aliphatic heterocycles. The predicted octanol–water partition coefficient (Wildman–Crippen LogP) is 3.85. The number of unbranched alkanes of at least 4 members (excludes halogenated alkanes) is 1. The van der Waals surface area contributed by atoms with Crippen LogP contribution in [0.15, 0.2) is 17.5 Å². The fourth-order valence-corrected chi connectivity index (χ4v) is 2.62. The number of hydrogen-bond donors (Lipinski definition) is 1. The van der Waals surface area contributed by atoms with Crippen molar-refractivity contribution in [3.05, 3.63) is 22.4 Å². The molecular weight excluding hydrogens is 202 g/mol. The maximum atomic E-state index is 3.66. The third kappa shape index (κ3) is 5.33. The first kappa shape index (κ1) is 12.7. The van der Waals surface area contributed by atoms with E-state index in [1.165, 1.54) is 30.6 Å². The average molecular weight is 225 g/mol. The summed E-state index contributed by atoms with van der Waals surface area (Å²) in [6.07, 6.45) is 5.11. The zero-order valence-corrected chi connectivity index (χ0v) is 10.9. The van der Waals surface area contributed by atoms with Gasteiger partial charge in [-0.3, -0.25) is 0 Å². The molecule has 0 saturated carbocycles. The second-order valence-electron chi connectivity index (χ2n) is 4.44. The Morgan fingerprint density at radius 2 is 2.20 bits per heavy atom. The van der Waals surface area contributed by atoms with E-state index in [4.69, 9.17) is 0 Å². The molecule has 0 radical (unpaired) electrons. The van der Waals surface area contributed by atoms with Crippen molar-refractivity contribution in [3.8, 4) is 0 Å². The summed E-state index contributed by atoms with van der Waals surface area (Å²) in [7, 11) is 0. The van der Waals surface area contributed by atoms with Gasteiger partial charge in [0.1, 0.15) is 0 Å². The third-order valence-electron chi connectivity index (χ3n) is 2.50. The molecule has 1 atom stereocenters. The second-order valence-corrected chi connectivity index (χ2v) is 5.48. The third-order valence-corrected chi connectivity index (χ3v) is 3.40. The first-order valence-corrected chi connectivity index (χ1v) is 6.88. The van der Waals surface area contributed by atoms with Gasteiger partial charge in [-0.25, -0.2) is 0 Å². The van der Waals surface area contributed by atoms with E-state index < -0.39 is 0 Å². The number of thiophene rings is 1. The number of rotatable bonds is 7. The normalized spacial score (nSPS) is 13.3. The van der Waals surface area contributed by atoms with Gasteiger partial charge >= 0.3 is 0 Å². The summed E-state index contributed by atoms with van der Waals surface area (Å²) in [5, 5.41) is 5.83. The SMILES string of the molecule is CCCCC(Cc1cccs1)NC(C)C. The molecule has 86 valence electrons. The molecule has 1 aromatic heterocycles. The van der Waals surface area contributed by atoms with E-state index in [0.29, 0.717) is 12.1 Å². The lowest BCUT2D eigenvalue weighted by Crippen LogP contribution is -2.36. The van der Waals surface area contributed by atoms with Crippen molar-refractivity contribution in [1.29, 1.82) is 0 Å². The first-order chi connectivity index (χ1) is 7.22. The highest BCUT2D eigenvalue weighted by Gasteiger charge is 2.10. The Morgan fingerprint density at radius 3 is 2.73 bits per heavy atom. The lowest BCUT2D eigenvalue weighted by Gasteiger charge is -2.20. The molecule has 0 saturated heterocycles. The molecule has 1 N–H and O–H groups in total. The Bertz CT molecular complexity index is 241. The van der Waals surface area contributed by atoms with Gasteiger partial charge in [-0.2, -0.15) is 0 Å². The molecule has 0 bridgehead atoms. The molecule has 1 rings (SSSR count). The number of nitrogens with one attached hydrogen (secondary N) is 1. The highest BCUT2D eigenvalue weighted by atomic mass is 32.1.